The summed E-state index contributed by atoms with van der Waals surface area (Å²) in [6, 6.07) is 84.5. The molecule has 0 bridgehead atoms. The number of hydrogen-bond acceptors (Lipinski definition) is 2. The summed E-state index contributed by atoms with van der Waals surface area (Å²) >= 11 is 1.92. The lowest BCUT2D eigenvalue weighted by Crippen LogP contribution is -2.26. The second-order valence-electron chi connectivity index (χ2n) is 18.7. The Labute approximate surface area is 389 Å². The summed E-state index contributed by atoms with van der Waals surface area (Å²) in [4.78, 5) is 2.50. The Morgan fingerprint density at radius 3 is 1.56 bits per heavy atom. The van der Waals surface area contributed by atoms with Crippen LogP contribution in [0.4, 0.5) is 17.1 Å². The largest absolute Gasteiger partial charge is 0.310 e. The predicted molar refractivity (Wildman–Crippen MR) is 279 cm³/mol. The monoisotopic (exact) mass is 857 g/mol. The number of fused-ring (bicyclic) bond motifs is 16. The van der Waals surface area contributed by atoms with Crippen LogP contribution in [0.2, 0.25) is 0 Å². The molecule has 1 nitrogen and oxygen atoms in total. The van der Waals surface area contributed by atoms with E-state index >= 15 is 0 Å². The van der Waals surface area contributed by atoms with Gasteiger partial charge in [-0.05, 0) is 138 Å². The second kappa shape index (κ2) is 13.9. The van der Waals surface area contributed by atoms with Gasteiger partial charge in [0.2, 0.25) is 0 Å². The highest BCUT2D eigenvalue weighted by atomic mass is 32.1. The van der Waals surface area contributed by atoms with E-state index in [0.29, 0.717) is 0 Å². The summed E-state index contributed by atoms with van der Waals surface area (Å²) in [5, 5.41) is 2.65. The molecule has 0 fully saturated rings. The van der Waals surface area contributed by atoms with Gasteiger partial charge in [-0.3, -0.25) is 0 Å². The van der Waals surface area contributed by atoms with Crippen LogP contribution in [0.5, 0.6) is 0 Å². The van der Waals surface area contributed by atoms with Gasteiger partial charge in [-0.15, -0.1) is 11.3 Å². The predicted octanol–water partition coefficient (Wildman–Crippen LogP) is 17.5. The van der Waals surface area contributed by atoms with E-state index in [-0.39, 0.29) is 5.41 Å². The zero-order valence-electron chi connectivity index (χ0n) is 36.7. The van der Waals surface area contributed by atoms with Crippen molar-refractivity contribution in [2.24, 2.45) is 0 Å². The normalized spacial score (nSPS) is 14.2. The van der Waals surface area contributed by atoms with E-state index in [4.69, 9.17) is 0 Å². The summed E-state index contributed by atoms with van der Waals surface area (Å²) in [7, 11) is 0. The average Bonchev–Trinajstić information content (AvgIpc) is 4.06. The molecule has 0 atom stereocenters. The van der Waals surface area contributed by atoms with E-state index in [1.165, 1.54) is 109 Å². The van der Waals surface area contributed by atoms with Crippen molar-refractivity contribution in [2.75, 3.05) is 4.90 Å². The third kappa shape index (κ3) is 5.05. The Hall–Kier alpha value is -7.78. The molecule has 3 aliphatic rings. The fraction of sp³-hybridized carbons (Fsp3) is 0.0625. The third-order valence-electron chi connectivity index (χ3n) is 15.1. The fourth-order valence-corrected chi connectivity index (χ4v) is 13.4. The van der Waals surface area contributed by atoms with E-state index in [1.807, 2.05) is 11.3 Å². The van der Waals surface area contributed by atoms with Gasteiger partial charge in [-0.1, -0.05) is 190 Å². The first-order valence-corrected chi connectivity index (χ1v) is 23.9. The summed E-state index contributed by atoms with van der Waals surface area (Å²) in [5.74, 6) is 0. The van der Waals surface area contributed by atoms with E-state index in [1.54, 1.807) is 0 Å². The van der Waals surface area contributed by atoms with Gasteiger partial charge in [-0.2, -0.15) is 0 Å². The van der Waals surface area contributed by atoms with Crippen molar-refractivity contribution in [3.05, 3.63) is 258 Å². The highest BCUT2D eigenvalue weighted by Crippen LogP contribution is 2.66. The van der Waals surface area contributed by atoms with Crippen molar-refractivity contribution in [3.63, 3.8) is 0 Å². The van der Waals surface area contributed by atoms with Crippen molar-refractivity contribution >= 4 is 48.6 Å². The highest BCUT2D eigenvalue weighted by Gasteiger charge is 2.53. The van der Waals surface area contributed by atoms with Crippen LogP contribution in [0.3, 0.4) is 0 Å². The Bertz CT molecular complexity index is 3740. The zero-order chi connectivity index (χ0) is 43.7. The Morgan fingerprint density at radius 1 is 0.333 bits per heavy atom. The number of hydrogen-bond donors (Lipinski definition) is 0. The molecule has 0 saturated carbocycles. The SMILES string of the molecule is CC1(C)c2ccccc2-c2ccc(N(c3ccc(-c4ccccc4)cc3)c3ccc4c(c3)-c3c(cc5sc6ccccc6c5c3-c3ccccc3)C43c4ccccc4-c4ccccc43)cc21. The van der Waals surface area contributed by atoms with E-state index in [0.717, 1.165) is 17.1 Å². The van der Waals surface area contributed by atoms with Crippen LogP contribution in [0.15, 0.2) is 224 Å². The molecule has 0 aliphatic heterocycles. The maximum Gasteiger partial charge on any atom is 0.0726 e. The van der Waals surface area contributed by atoms with Gasteiger partial charge in [0.15, 0.2) is 0 Å². The van der Waals surface area contributed by atoms with Crippen molar-refractivity contribution in [1.29, 1.82) is 0 Å². The van der Waals surface area contributed by atoms with Crippen LogP contribution in [0.25, 0.3) is 75.8 Å². The lowest BCUT2D eigenvalue weighted by atomic mass is 9.70. The van der Waals surface area contributed by atoms with Crippen LogP contribution in [-0.4, -0.2) is 0 Å². The molecule has 66 heavy (non-hydrogen) atoms. The Balaban J connectivity index is 1.08. The maximum atomic E-state index is 2.57. The van der Waals surface area contributed by atoms with E-state index < -0.39 is 5.41 Å². The third-order valence-corrected chi connectivity index (χ3v) is 16.2. The first kappa shape index (κ1) is 37.6. The molecular formula is C64H43NS. The lowest BCUT2D eigenvalue weighted by Gasteiger charge is -2.31. The molecule has 10 aromatic carbocycles. The molecule has 14 rings (SSSR count). The van der Waals surface area contributed by atoms with Crippen molar-refractivity contribution < 1.29 is 0 Å². The molecule has 11 aromatic rings. The molecule has 2 heteroatoms. The minimum Gasteiger partial charge on any atom is -0.310 e. The van der Waals surface area contributed by atoms with Gasteiger partial charge in [0.1, 0.15) is 0 Å². The molecule has 1 heterocycles. The first-order valence-electron chi connectivity index (χ1n) is 23.1. The number of rotatable bonds is 5. The maximum absolute atomic E-state index is 2.57. The van der Waals surface area contributed by atoms with Crippen molar-refractivity contribution in [3.8, 4) is 55.6 Å². The minimum absolute atomic E-state index is 0.142. The topological polar surface area (TPSA) is 3.24 Å². The number of anilines is 3. The van der Waals surface area contributed by atoms with Gasteiger partial charge in [-0.25, -0.2) is 0 Å². The van der Waals surface area contributed by atoms with Crippen LogP contribution < -0.4 is 4.90 Å². The smallest absolute Gasteiger partial charge is 0.0726 e. The van der Waals surface area contributed by atoms with Crippen LogP contribution in [-0.2, 0) is 10.8 Å². The highest BCUT2D eigenvalue weighted by molar-refractivity contribution is 7.26. The molecule has 1 aromatic heterocycles. The standard InChI is InChI=1S/C64H43NS/c1-63(2)52-25-13-9-21-46(52)49-35-33-45(38-56(49)63)65(43-31-29-41(30-32-43)40-17-5-3-6-18-40)44-34-36-55-51(37-44)61-57(64(55)53-26-14-10-22-47(53)48-23-11-15-27-54(48)64)39-59-62(50-24-12-16-28-58(50)66-59)60(61)42-19-7-4-8-20-42/h3-39H,1-2H3. The van der Waals surface area contributed by atoms with Gasteiger partial charge in [0.05, 0.1) is 5.41 Å². The molecule has 0 saturated heterocycles. The zero-order valence-corrected chi connectivity index (χ0v) is 37.5. The van der Waals surface area contributed by atoms with Gasteiger partial charge >= 0.3 is 0 Å². The number of thiophene rings is 1. The van der Waals surface area contributed by atoms with E-state index in [2.05, 4.69) is 243 Å². The fourth-order valence-electron chi connectivity index (χ4n) is 12.2. The van der Waals surface area contributed by atoms with Crippen LogP contribution in [0, 0.1) is 0 Å². The lowest BCUT2D eigenvalue weighted by molar-refractivity contribution is 0.660. The second-order valence-corrected chi connectivity index (χ2v) is 19.8. The van der Waals surface area contributed by atoms with Crippen molar-refractivity contribution in [2.45, 2.75) is 24.7 Å². The van der Waals surface area contributed by atoms with Gasteiger partial charge in [0, 0.05) is 42.6 Å². The molecule has 0 unspecified atom stereocenters. The molecule has 0 amide bonds. The summed E-state index contributed by atoms with van der Waals surface area (Å²) in [6.07, 6.45) is 0. The summed E-state index contributed by atoms with van der Waals surface area (Å²) in [5.41, 5.74) is 23.8. The van der Waals surface area contributed by atoms with Gasteiger partial charge in [0.25, 0.3) is 0 Å². The Kier molecular flexibility index (Phi) is 7.89. The van der Waals surface area contributed by atoms with Crippen LogP contribution in [0.1, 0.15) is 47.2 Å². The molecule has 310 valence electrons. The molecule has 0 radical (unpaired) electrons. The quantitative estimate of drug-likeness (QED) is 0.167. The van der Waals surface area contributed by atoms with Gasteiger partial charge < -0.3 is 4.90 Å². The number of benzene rings is 10. The van der Waals surface area contributed by atoms with E-state index in [9.17, 15) is 0 Å². The molecule has 3 aliphatic carbocycles. The molecule has 0 N–H and O–H groups in total. The average molecular weight is 858 g/mol. The molecule has 1 spiro atoms. The summed E-state index contributed by atoms with van der Waals surface area (Å²) in [6.45, 7) is 4.76. The van der Waals surface area contributed by atoms with Crippen LogP contribution >= 0.6 is 11.3 Å². The Morgan fingerprint density at radius 2 is 0.848 bits per heavy atom. The van der Waals surface area contributed by atoms with Crippen molar-refractivity contribution in [1.82, 2.24) is 0 Å². The molecular weight excluding hydrogens is 815 g/mol. The summed E-state index contributed by atoms with van der Waals surface area (Å²) < 4.78 is 2.64. The number of nitrogens with zero attached hydrogens (tertiary/aromatic N) is 1. The first-order chi connectivity index (χ1) is 32.5. The minimum atomic E-state index is -0.504.